The highest BCUT2D eigenvalue weighted by Gasteiger charge is 2.64. The molecule has 0 aromatic heterocycles. The topological polar surface area (TPSA) is 35.5 Å². The summed E-state index contributed by atoms with van der Waals surface area (Å²) < 4.78 is 51.9. The Balaban J connectivity index is 1.67. The summed E-state index contributed by atoms with van der Waals surface area (Å²) in [6.45, 7) is 8.10. The van der Waals surface area contributed by atoms with E-state index in [0.717, 1.165) is 7.11 Å². The number of allylic oxidation sites excluding steroid dienone is 3. The van der Waals surface area contributed by atoms with Crippen molar-refractivity contribution in [2.45, 2.75) is 50.6 Å². The van der Waals surface area contributed by atoms with Crippen LogP contribution in [-0.4, -0.2) is 33.4 Å². The summed E-state index contributed by atoms with van der Waals surface area (Å²) in [6, 6.07) is 27.4. The Bertz CT molecular complexity index is 1770. The molecule has 0 amide bonds. The standard InChI is InChI=1S/C40H35F3O3Si/c1-33(46-37(44)39(45-5,40(41,42)43)34-26-18-14-19-27-34)25-17-12-10-8-6-7-9-11-13-24-32-47(38(2,3)4,35-28-20-15-21-29-35)36-30-22-16-23-31-36/h10,12,14-23,25-31,33H,1-5H3/b12-10-,25-17+/t33-,39-/m1/s1. The molecular weight excluding hydrogens is 614 g/mol. The predicted molar refractivity (Wildman–Crippen MR) is 184 cm³/mol. The fourth-order valence-electron chi connectivity index (χ4n) is 5.07. The molecule has 0 aliphatic rings. The number of methoxy groups -OCH3 is 1. The highest BCUT2D eigenvalue weighted by molar-refractivity contribution is 7.10. The second-order valence-electron chi connectivity index (χ2n) is 11.4. The smallest absolute Gasteiger partial charge is 0.432 e. The van der Waals surface area contributed by atoms with E-state index in [9.17, 15) is 18.0 Å². The molecule has 3 rings (SSSR count). The molecule has 0 fully saturated rings. The van der Waals surface area contributed by atoms with Gasteiger partial charge in [0.2, 0.25) is 8.07 Å². The molecule has 238 valence electrons. The fraction of sp³-hybridized carbons (Fsp3) is 0.225. The highest BCUT2D eigenvalue weighted by Crippen LogP contribution is 2.43. The summed E-state index contributed by atoms with van der Waals surface area (Å²) in [5.74, 6) is 17.8. The lowest BCUT2D eigenvalue weighted by molar-refractivity contribution is -0.277. The van der Waals surface area contributed by atoms with E-state index in [-0.39, 0.29) is 10.6 Å². The van der Waals surface area contributed by atoms with Crippen molar-refractivity contribution in [2.75, 3.05) is 7.11 Å². The van der Waals surface area contributed by atoms with Crippen molar-refractivity contribution in [3.05, 3.63) is 121 Å². The number of ether oxygens (including phenoxy) is 2. The van der Waals surface area contributed by atoms with E-state index in [1.165, 1.54) is 65.9 Å². The van der Waals surface area contributed by atoms with E-state index >= 15 is 0 Å². The number of carbonyl (C=O) groups excluding carboxylic acids is 1. The maximum atomic E-state index is 14.0. The molecule has 3 aromatic carbocycles. The third kappa shape index (κ3) is 8.75. The zero-order valence-electron chi connectivity index (χ0n) is 26.9. The normalized spacial score (nSPS) is 13.4. The third-order valence-corrected chi connectivity index (χ3v) is 12.5. The summed E-state index contributed by atoms with van der Waals surface area (Å²) in [5.41, 5.74) is -0.0380. The number of hydrogen-bond acceptors (Lipinski definition) is 3. The Labute approximate surface area is 276 Å². The van der Waals surface area contributed by atoms with Gasteiger partial charge in [0.15, 0.2) is 0 Å². The average Bonchev–Trinajstić information content (AvgIpc) is 3.04. The zero-order chi connectivity index (χ0) is 34.4. The number of hydrogen-bond donors (Lipinski definition) is 0. The monoisotopic (exact) mass is 648 g/mol. The second kappa shape index (κ2) is 16.4. The number of rotatable bonds is 8. The number of alkyl halides is 3. The molecule has 0 spiro atoms. The molecule has 3 aromatic rings. The Morgan fingerprint density at radius 2 is 1.23 bits per heavy atom. The van der Waals surface area contributed by atoms with Gasteiger partial charge in [-0.3, -0.25) is 0 Å². The van der Waals surface area contributed by atoms with Gasteiger partial charge < -0.3 is 9.47 Å². The van der Waals surface area contributed by atoms with Crippen molar-refractivity contribution < 1.29 is 27.4 Å². The van der Waals surface area contributed by atoms with Crippen LogP contribution in [0.2, 0.25) is 5.04 Å². The summed E-state index contributed by atoms with van der Waals surface area (Å²) >= 11 is 0. The van der Waals surface area contributed by atoms with Gasteiger partial charge in [-0.2, -0.15) is 13.2 Å². The van der Waals surface area contributed by atoms with E-state index in [4.69, 9.17) is 9.47 Å². The van der Waals surface area contributed by atoms with Crippen molar-refractivity contribution in [2.24, 2.45) is 0 Å². The molecule has 7 heteroatoms. The third-order valence-electron chi connectivity index (χ3n) is 7.31. The van der Waals surface area contributed by atoms with E-state index in [1.807, 2.05) is 36.4 Å². The van der Waals surface area contributed by atoms with Gasteiger partial charge in [0, 0.05) is 12.7 Å². The van der Waals surface area contributed by atoms with Crippen LogP contribution in [0.15, 0.2) is 115 Å². The van der Waals surface area contributed by atoms with Crippen molar-refractivity contribution in [1.29, 1.82) is 0 Å². The Morgan fingerprint density at radius 3 is 1.72 bits per heavy atom. The van der Waals surface area contributed by atoms with Gasteiger partial charge in [0.25, 0.3) is 5.60 Å². The molecular formula is C40H35F3O3Si. The Hall–Kier alpha value is -5.18. The van der Waals surface area contributed by atoms with Gasteiger partial charge in [-0.05, 0) is 70.0 Å². The van der Waals surface area contributed by atoms with Gasteiger partial charge in [-0.1, -0.05) is 130 Å². The van der Waals surface area contributed by atoms with Crippen LogP contribution in [0.3, 0.4) is 0 Å². The van der Waals surface area contributed by atoms with Gasteiger partial charge in [0.05, 0.1) is 0 Å². The van der Waals surface area contributed by atoms with E-state index in [2.05, 4.69) is 92.0 Å². The van der Waals surface area contributed by atoms with Gasteiger partial charge in [0.1, 0.15) is 6.10 Å². The molecule has 0 saturated carbocycles. The number of halogens is 3. The van der Waals surface area contributed by atoms with Gasteiger partial charge in [-0.25, -0.2) is 4.79 Å². The minimum Gasteiger partial charge on any atom is -0.456 e. The molecule has 0 unspecified atom stereocenters. The maximum Gasteiger partial charge on any atom is 0.432 e. The van der Waals surface area contributed by atoms with Crippen LogP contribution in [0.4, 0.5) is 13.2 Å². The fourth-order valence-corrected chi connectivity index (χ4v) is 9.43. The molecule has 0 bridgehead atoms. The first kappa shape index (κ1) is 36.3. The molecule has 0 saturated heterocycles. The molecule has 0 radical (unpaired) electrons. The van der Waals surface area contributed by atoms with E-state index in [0.29, 0.717) is 0 Å². The first-order chi connectivity index (χ1) is 22.4. The summed E-state index contributed by atoms with van der Waals surface area (Å²) in [7, 11) is -1.71. The zero-order valence-corrected chi connectivity index (χ0v) is 27.9. The second-order valence-corrected chi connectivity index (χ2v) is 15.8. The lowest BCUT2D eigenvalue weighted by Gasteiger charge is -2.39. The number of carbonyl (C=O) groups is 1. The first-order valence-corrected chi connectivity index (χ1v) is 16.8. The van der Waals surface area contributed by atoms with Crippen molar-refractivity contribution in [1.82, 2.24) is 0 Å². The first-order valence-electron chi connectivity index (χ1n) is 14.8. The molecule has 2 atom stereocenters. The summed E-state index contributed by atoms with van der Waals surface area (Å²) in [5, 5.41) is 2.33. The summed E-state index contributed by atoms with van der Waals surface area (Å²) in [4.78, 5) is 12.7. The van der Waals surface area contributed by atoms with Crippen molar-refractivity contribution in [3.8, 4) is 47.0 Å². The van der Waals surface area contributed by atoms with Crippen LogP contribution in [0.5, 0.6) is 0 Å². The lowest BCUT2D eigenvalue weighted by Crippen LogP contribution is -2.63. The van der Waals surface area contributed by atoms with Crippen LogP contribution in [0.25, 0.3) is 0 Å². The van der Waals surface area contributed by atoms with Crippen LogP contribution < -0.4 is 10.4 Å². The largest absolute Gasteiger partial charge is 0.456 e. The van der Waals surface area contributed by atoms with Crippen LogP contribution in [0.1, 0.15) is 33.3 Å². The van der Waals surface area contributed by atoms with Crippen LogP contribution in [0, 0.1) is 47.0 Å². The highest BCUT2D eigenvalue weighted by atomic mass is 28.3. The van der Waals surface area contributed by atoms with Crippen LogP contribution >= 0.6 is 0 Å². The minimum absolute atomic E-state index is 0.110. The van der Waals surface area contributed by atoms with Crippen LogP contribution in [-0.2, 0) is 19.9 Å². The maximum absolute atomic E-state index is 14.0. The Morgan fingerprint density at radius 1 is 0.745 bits per heavy atom. The van der Waals surface area contributed by atoms with Gasteiger partial charge in [-0.15, -0.1) is 5.54 Å². The average molecular weight is 649 g/mol. The molecule has 0 N–H and O–H groups in total. The van der Waals surface area contributed by atoms with E-state index < -0.39 is 31.9 Å². The Kier molecular flexibility index (Phi) is 12.7. The molecule has 0 heterocycles. The van der Waals surface area contributed by atoms with Crippen molar-refractivity contribution in [3.63, 3.8) is 0 Å². The quantitative estimate of drug-likeness (QED) is 0.117. The minimum atomic E-state index is -5.04. The molecule has 3 nitrogen and oxygen atoms in total. The van der Waals surface area contributed by atoms with Gasteiger partial charge >= 0.3 is 12.1 Å². The number of esters is 1. The molecule has 0 aliphatic carbocycles. The van der Waals surface area contributed by atoms with Crippen molar-refractivity contribution >= 4 is 24.4 Å². The predicted octanol–water partition coefficient (Wildman–Crippen LogP) is 6.75. The van der Waals surface area contributed by atoms with E-state index in [1.54, 1.807) is 6.08 Å². The number of benzene rings is 3. The molecule has 47 heavy (non-hydrogen) atoms. The molecule has 0 aliphatic heterocycles. The summed E-state index contributed by atoms with van der Waals surface area (Å²) in [6.07, 6.45) is -0.0507. The lowest BCUT2D eigenvalue weighted by atomic mass is 9.92. The SMILES string of the molecule is CO[C@@](C(=O)O[C@H](C)/C=C/C=C\C#CC#CC#CC#C[Si](c1ccccc1)(c1ccccc1)C(C)(C)C)(c1ccccc1)C(F)(F)F.